The minimum atomic E-state index is -3.81. The first-order valence-corrected chi connectivity index (χ1v) is 9.75. The minimum absolute atomic E-state index is 0.0340. The minimum Gasteiger partial charge on any atom is -0.333 e. The van der Waals surface area contributed by atoms with E-state index in [0.29, 0.717) is 12.1 Å². The van der Waals surface area contributed by atoms with Crippen LogP contribution in [0.3, 0.4) is 0 Å². The number of benzene rings is 2. The molecule has 1 aliphatic heterocycles. The molecule has 0 saturated carbocycles. The number of nitrogens with one attached hydrogen (secondary N) is 2. The normalized spacial score (nSPS) is 17.8. The van der Waals surface area contributed by atoms with Crippen molar-refractivity contribution in [2.24, 2.45) is 0 Å². The SMILES string of the molecule is CC1CNCCN1C(=O)c1ccc(S(=O)(=O)Nc2ccc(F)cc2)cc1. The fraction of sp³-hybridized carbons (Fsp3) is 0.278. The Labute approximate surface area is 152 Å². The lowest BCUT2D eigenvalue weighted by atomic mass is 10.1. The third-order valence-corrected chi connectivity index (χ3v) is 5.67. The van der Waals surface area contributed by atoms with Crippen LogP contribution in [0.25, 0.3) is 0 Å². The Kier molecular flexibility index (Phi) is 5.24. The molecule has 0 spiro atoms. The van der Waals surface area contributed by atoms with Crippen molar-refractivity contribution < 1.29 is 17.6 Å². The largest absolute Gasteiger partial charge is 0.333 e. The van der Waals surface area contributed by atoms with Gasteiger partial charge in [0.1, 0.15) is 5.82 Å². The molecule has 0 aromatic heterocycles. The van der Waals surface area contributed by atoms with Crippen LogP contribution < -0.4 is 10.0 Å². The van der Waals surface area contributed by atoms with Crippen LogP contribution in [-0.2, 0) is 10.0 Å². The number of piperazine rings is 1. The topological polar surface area (TPSA) is 78.5 Å². The highest BCUT2D eigenvalue weighted by Gasteiger charge is 2.24. The van der Waals surface area contributed by atoms with Gasteiger partial charge >= 0.3 is 0 Å². The third kappa shape index (κ3) is 4.03. The van der Waals surface area contributed by atoms with E-state index in [4.69, 9.17) is 0 Å². The van der Waals surface area contributed by atoms with Crippen LogP contribution in [0.15, 0.2) is 53.4 Å². The van der Waals surface area contributed by atoms with E-state index in [9.17, 15) is 17.6 Å². The average Bonchev–Trinajstić information content (AvgIpc) is 2.63. The molecule has 2 aromatic rings. The predicted molar refractivity (Wildman–Crippen MR) is 97.0 cm³/mol. The highest BCUT2D eigenvalue weighted by molar-refractivity contribution is 7.92. The number of nitrogens with zero attached hydrogens (tertiary/aromatic N) is 1. The highest BCUT2D eigenvalue weighted by Crippen LogP contribution is 2.18. The van der Waals surface area contributed by atoms with E-state index in [0.717, 1.165) is 13.1 Å². The number of hydrogen-bond acceptors (Lipinski definition) is 4. The first kappa shape index (κ1) is 18.3. The molecule has 1 aliphatic rings. The van der Waals surface area contributed by atoms with E-state index in [1.165, 1.54) is 48.5 Å². The summed E-state index contributed by atoms with van der Waals surface area (Å²) < 4.78 is 40.1. The molecule has 1 heterocycles. The second-order valence-electron chi connectivity index (χ2n) is 6.19. The molecule has 1 fully saturated rings. The van der Waals surface area contributed by atoms with Crippen LogP contribution in [0, 0.1) is 5.82 Å². The maximum atomic E-state index is 12.9. The molecule has 8 heteroatoms. The van der Waals surface area contributed by atoms with Gasteiger partial charge in [0.2, 0.25) is 0 Å². The second kappa shape index (κ2) is 7.43. The molecule has 2 N–H and O–H groups in total. The molecular formula is C18H20FN3O3S. The summed E-state index contributed by atoms with van der Waals surface area (Å²) in [6.07, 6.45) is 0. The fourth-order valence-electron chi connectivity index (χ4n) is 2.82. The molecule has 26 heavy (non-hydrogen) atoms. The number of hydrogen-bond donors (Lipinski definition) is 2. The third-order valence-electron chi connectivity index (χ3n) is 4.27. The Hall–Kier alpha value is -2.45. The van der Waals surface area contributed by atoms with Crippen LogP contribution in [0.4, 0.5) is 10.1 Å². The van der Waals surface area contributed by atoms with Crippen LogP contribution >= 0.6 is 0 Å². The van der Waals surface area contributed by atoms with Crippen LogP contribution in [0.2, 0.25) is 0 Å². The zero-order chi connectivity index (χ0) is 18.7. The van der Waals surface area contributed by atoms with E-state index >= 15 is 0 Å². The predicted octanol–water partition coefficient (Wildman–Crippen LogP) is 2.06. The van der Waals surface area contributed by atoms with Gasteiger partial charge in [-0.3, -0.25) is 9.52 Å². The van der Waals surface area contributed by atoms with Gasteiger partial charge in [-0.2, -0.15) is 0 Å². The Morgan fingerprint density at radius 1 is 1.15 bits per heavy atom. The molecular weight excluding hydrogens is 357 g/mol. The summed E-state index contributed by atoms with van der Waals surface area (Å²) in [5.41, 5.74) is 0.709. The van der Waals surface area contributed by atoms with Crippen molar-refractivity contribution in [1.29, 1.82) is 0 Å². The lowest BCUT2D eigenvalue weighted by Crippen LogP contribution is -2.52. The van der Waals surface area contributed by atoms with Gasteiger partial charge in [-0.15, -0.1) is 0 Å². The second-order valence-corrected chi connectivity index (χ2v) is 7.87. The van der Waals surface area contributed by atoms with Crippen LogP contribution in [-0.4, -0.2) is 44.9 Å². The molecule has 3 rings (SSSR count). The quantitative estimate of drug-likeness (QED) is 0.855. The van der Waals surface area contributed by atoms with E-state index in [-0.39, 0.29) is 22.5 Å². The number of halogens is 1. The fourth-order valence-corrected chi connectivity index (χ4v) is 3.88. The van der Waals surface area contributed by atoms with Gasteiger partial charge in [-0.25, -0.2) is 12.8 Å². The Bertz CT molecular complexity index is 883. The first-order valence-electron chi connectivity index (χ1n) is 8.27. The van der Waals surface area contributed by atoms with E-state index in [1.807, 2.05) is 6.92 Å². The maximum absolute atomic E-state index is 12.9. The maximum Gasteiger partial charge on any atom is 0.261 e. The molecule has 0 bridgehead atoms. The summed E-state index contributed by atoms with van der Waals surface area (Å²) in [7, 11) is -3.81. The summed E-state index contributed by atoms with van der Waals surface area (Å²) in [5, 5.41) is 3.22. The van der Waals surface area contributed by atoms with Crippen molar-refractivity contribution in [3.05, 3.63) is 59.9 Å². The van der Waals surface area contributed by atoms with Gasteiger partial charge in [0.25, 0.3) is 15.9 Å². The number of carbonyl (C=O) groups is 1. The van der Waals surface area contributed by atoms with E-state index in [2.05, 4.69) is 10.0 Å². The van der Waals surface area contributed by atoms with Crippen molar-refractivity contribution in [1.82, 2.24) is 10.2 Å². The van der Waals surface area contributed by atoms with Gasteiger partial charge in [0.15, 0.2) is 0 Å². The van der Waals surface area contributed by atoms with Gasteiger partial charge < -0.3 is 10.2 Å². The zero-order valence-electron chi connectivity index (χ0n) is 14.3. The highest BCUT2D eigenvalue weighted by atomic mass is 32.2. The van der Waals surface area contributed by atoms with Crippen molar-refractivity contribution in [3.63, 3.8) is 0 Å². The molecule has 1 amide bonds. The number of sulfonamides is 1. The van der Waals surface area contributed by atoms with Gasteiger partial charge in [0.05, 0.1) is 4.90 Å². The molecule has 0 radical (unpaired) electrons. The number of carbonyl (C=O) groups excluding carboxylic acids is 1. The molecule has 0 aliphatic carbocycles. The molecule has 138 valence electrons. The molecule has 1 atom stereocenters. The van der Waals surface area contributed by atoms with E-state index in [1.54, 1.807) is 4.90 Å². The average molecular weight is 377 g/mol. The van der Waals surface area contributed by atoms with Gasteiger partial charge in [0, 0.05) is 36.9 Å². The Balaban J connectivity index is 1.75. The summed E-state index contributed by atoms with van der Waals surface area (Å²) in [6.45, 7) is 4.06. The summed E-state index contributed by atoms with van der Waals surface area (Å²) in [4.78, 5) is 14.4. The van der Waals surface area contributed by atoms with Crippen molar-refractivity contribution >= 4 is 21.6 Å². The molecule has 2 aromatic carbocycles. The number of amides is 1. The molecule has 1 saturated heterocycles. The summed E-state index contributed by atoms with van der Waals surface area (Å²) in [5.74, 6) is -0.563. The van der Waals surface area contributed by atoms with Crippen molar-refractivity contribution in [3.8, 4) is 0 Å². The van der Waals surface area contributed by atoms with Crippen LogP contribution in [0.5, 0.6) is 0 Å². The first-order chi connectivity index (χ1) is 12.4. The molecule has 1 unspecified atom stereocenters. The van der Waals surface area contributed by atoms with Gasteiger partial charge in [-0.1, -0.05) is 0 Å². The monoisotopic (exact) mass is 377 g/mol. The lowest BCUT2D eigenvalue weighted by Gasteiger charge is -2.34. The van der Waals surface area contributed by atoms with Gasteiger partial charge in [-0.05, 0) is 55.5 Å². The smallest absolute Gasteiger partial charge is 0.261 e. The standard InChI is InChI=1S/C18H20FN3O3S/c1-13-12-20-10-11-22(13)18(23)14-2-8-17(9-3-14)26(24,25)21-16-6-4-15(19)5-7-16/h2-9,13,20-21H,10-12H2,1H3. The summed E-state index contributed by atoms with van der Waals surface area (Å²) in [6, 6.07) is 10.9. The lowest BCUT2D eigenvalue weighted by molar-refractivity contribution is 0.0655. The zero-order valence-corrected chi connectivity index (χ0v) is 15.1. The number of rotatable bonds is 4. The summed E-state index contributed by atoms with van der Waals surface area (Å²) >= 11 is 0. The van der Waals surface area contributed by atoms with Crippen molar-refractivity contribution in [2.45, 2.75) is 17.9 Å². The molecule has 6 nitrogen and oxygen atoms in total. The van der Waals surface area contributed by atoms with Crippen molar-refractivity contribution in [2.75, 3.05) is 24.4 Å². The Morgan fingerprint density at radius 2 is 1.81 bits per heavy atom. The van der Waals surface area contributed by atoms with E-state index < -0.39 is 15.8 Å². The number of anilines is 1. The van der Waals surface area contributed by atoms with Crippen LogP contribution in [0.1, 0.15) is 17.3 Å². The Morgan fingerprint density at radius 3 is 2.42 bits per heavy atom.